The third kappa shape index (κ3) is 4.28. The zero-order valence-electron chi connectivity index (χ0n) is 9.57. The maximum atomic E-state index is 8.37. The molecule has 0 unspecified atom stereocenters. The first-order valence-corrected chi connectivity index (χ1v) is 4.89. The van der Waals surface area contributed by atoms with Crippen molar-refractivity contribution < 1.29 is 0 Å². The molecule has 0 rings (SSSR count). The van der Waals surface area contributed by atoms with Gasteiger partial charge in [0, 0.05) is 19.5 Å². The monoisotopic (exact) mass is 182 g/mol. The van der Waals surface area contributed by atoms with Gasteiger partial charge < -0.3 is 5.32 Å². The number of hydrogen-bond acceptors (Lipinski definition) is 2. The average molecular weight is 182 g/mol. The summed E-state index contributed by atoms with van der Waals surface area (Å²) in [5.74, 6) is 0. The van der Waals surface area contributed by atoms with Crippen molar-refractivity contribution in [1.29, 1.82) is 5.26 Å². The second-order valence-corrected chi connectivity index (χ2v) is 5.22. The molecule has 0 aliphatic carbocycles. The van der Waals surface area contributed by atoms with Gasteiger partial charge in [0.05, 0.1) is 6.07 Å². The van der Waals surface area contributed by atoms with E-state index in [4.69, 9.17) is 5.26 Å². The van der Waals surface area contributed by atoms with E-state index in [0.717, 1.165) is 13.1 Å². The van der Waals surface area contributed by atoms with Gasteiger partial charge in [0.15, 0.2) is 0 Å². The molecule has 0 aromatic heterocycles. The molecule has 0 aliphatic rings. The summed E-state index contributed by atoms with van der Waals surface area (Å²) in [6.45, 7) is 13.0. The predicted molar refractivity (Wildman–Crippen MR) is 56.3 cm³/mol. The Kier molecular flexibility index (Phi) is 4.43. The van der Waals surface area contributed by atoms with Crippen molar-refractivity contribution in [2.75, 3.05) is 13.1 Å². The molecule has 0 fully saturated rings. The molecule has 0 bridgehead atoms. The van der Waals surface area contributed by atoms with Crippen LogP contribution in [0.15, 0.2) is 0 Å². The Morgan fingerprint density at radius 3 is 2.08 bits per heavy atom. The summed E-state index contributed by atoms with van der Waals surface area (Å²) < 4.78 is 0. The number of rotatable bonds is 4. The molecule has 0 saturated carbocycles. The first-order chi connectivity index (χ1) is 5.81. The number of nitrogens with zero attached hydrogens (tertiary/aromatic N) is 1. The van der Waals surface area contributed by atoms with E-state index >= 15 is 0 Å². The zero-order chi connectivity index (χ0) is 10.5. The van der Waals surface area contributed by atoms with Crippen molar-refractivity contribution in [3.63, 3.8) is 0 Å². The van der Waals surface area contributed by atoms with Crippen molar-refractivity contribution >= 4 is 0 Å². The minimum Gasteiger partial charge on any atom is -0.315 e. The molecule has 2 nitrogen and oxygen atoms in total. The lowest BCUT2D eigenvalue weighted by molar-refractivity contribution is 0.130. The normalized spacial score (nSPS) is 12.6. The van der Waals surface area contributed by atoms with Gasteiger partial charge in [0.1, 0.15) is 0 Å². The molecule has 0 spiro atoms. The summed E-state index contributed by atoms with van der Waals surface area (Å²) in [6, 6.07) is 2.13. The molecule has 76 valence electrons. The topological polar surface area (TPSA) is 35.8 Å². The number of hydrogen-bond donors (Lipinski definition) is 1. The van der Waals surface area contributed by atoms with Gasteiger partial charge in [-0.3, -0.25) is 0 Å². The van der Waals surface area contributed by atoms with Crippen molar-refractivity contribution in [1.82, 2.24) is 5.32 Å². The van der Waals surface area contributed by atoms with E-state index in [2.05, 4.69) is 46.0 Å². The Hall–Kier alpha value is -0.550. The maximum absolute atomic E-state index is 8.37. The summed E-state index contributed by atoms with van der Waals surface area (Å²) in [5.41, 5.74) is 0.565. The van der Waals surface area contributed by atoms with E-state index in [1.807, 2.05) is 0 Å². The summed E-state index contributed by atoms with van der Waals surface area (Å²) in [4.78, 5) is 0. The quantitative estimate of drug-likeness (QED) is 0.678. The molecule has 0 atom stereocenters. The second-order valence-electron chi connectivity index (χ2n) is 5.22. The fraction of sp³-hybridized carbons (Fsp3) is 0.909. The van der Waals surface area contributed by atoms with Crippen molar-refractivity contribution in [2.24, 2.45) is 10.8 Å². The van der Waals surface area contributed by atoms with Gasteiger partial charge in [-0.2, -0.15) is 5.26 Å². The van der Waals surface area contributed by atoms with E-state index in [1.54, 1.807) is 0 Å². The third-order valence-electron chi connectivity index (χ3n) is 3.01. The lowest BCUT2D eigenvalue weighted by Gasteiger charge is -2.39. The minimum absolute atomic E-state index is 0.266. The van der Waals surface area contributed by atoms with Crippen molar-refractivity contribution in [3.05, 3.63) is 0 Å². The molecule has 0 heterocycles. The first-order valence-electron chi connectivity index (χ1n) is 4.89. The fourth-order valence-electron chi connectivity index (χ4n) is 0.810. The van der Waals surface area contributed by atoms with Crippen LogP contribution in [0, 0.1) is 22.2 Å². The van der Waals surface area contributed by atoms with Gasteiger partial charge in [-0.25, -0.2) is 0 Å². The lowest BCUT2D eigenvalue weighted by atomic mass is 9.69. The van der Waals surface area contributed by atoms with Gasteiger partial charge in [-0.05, 0) is 10.8 Å². The van der Waals surface area contributed by atoms with Gasteiger partial charge in [0.25, 0.3) is 0 Å². The van der Waals surface area contributed by atoms with Crippen molar-refractivity contribution in [3.8, 4) is 6.07 Å². The molecule has 0 aliphatic heterocycles. The van der Waals surface area contributed by atoms with Crippen LogP contribution in [0.2, 0.25) is 0 Å². The van der Waals surface area contributed by atoms with Crippen LogP contribution in [-0.2, 0) is 0 Å². The third-order valence-corrected chi connectivity index (χ3v) is 3.01. The van der Waals surface area contributed by atoms with E-state index < -0.39 is 0 Å². The van der Waals surface area contributed by atoms with Crippen LogP contribution in [0.5, 0.6) is 0 Å². The average Bonchev–Trinajstić information content (AvgIpc) is 1.96. The molecular formula is C11H22N2. The fourth-order valence-corrected chi connectivity index (χ4v) is 0.810. The Morgan fingerprint density at radius 2 is 1.69 bits per heavy atom. The van der Waals surface area contributed by atoms with Crippen LogP contribution < -0.4 is 5.32 Å². The molecule has 0 aromatic rings. The van der Waals surface area contributed by atoms with Gasteiger partial charge >= 0.3 is 0 Å². The summed E-state index contributed by atoms with van der Waals surface area (Å²) in [6.07, 6.45) is 0.597. The molecule has 0 amide bonds. The molecule has 0 radical (unpaired) electrons. The van der Waals surface area contributed by atoms with Crippen LogP contribution in [0.4, 0.5) is 0 Å². The van der Waals surface area contributed by atoms with E-state index in [0.29, 0.717) is 11.8 Å². The summed E-state index contributed by atoms with van der Waals surface area (Å²) in [7, 11) is 0. The minimum atomic E-state index is 0.266. The van der Waals surface area contributed by atoms with E-state index in [-0.39, 0.29) is 5.41 Å². The SMILES string of the molecule is CC(C)(C)C(C)(C)CNCCC#N. The van der Waals surface area contributed by atoms with Crippen molar-refractivity contribution in [2.45, 2.75) is 41.0 Å². The van der Waals surface area contributed by atoms with Crippen LogP contribution in [0.25, 0.3) is 0 Å². The van der Waals surface area contributed by atoms with Crippen LogP contribution in [0.1, 0.15) is 41.0 Å². The van der Waals surface area contributed by atoms with Gasteiger partial charge in [-0.1, -0.05) is 34.6 Å². The zero-order valence-corrected chi connectivity index (χ0v) is 9.57. The molecule has 0 aromatic carbocycles. The Bertz CT molecular complexity index is 181. The largest absolute Gasteiger partial charge is 0.315 e. The smallest absolute Gasteiger partial charge is 0.0635 e. The van der Waals surface area contributed by atoms with Gasteiger partial charge in [-0.15, -0.1) is 0 Å². The standard InChI is InChI=1S/C11H22N2/c1-10(2,3)11(4,5)9-13-8-6-7-12/h13H,6,8-9H2,1-5H3. The maximum Gasteiger partial charge on any atom is 0.0635 e. The highest BCUT2D eigenvalue weighted by molar-refractivity contribution is 4.84. The Balaban J connectivity index is 3.85. The van der Waals surface area contributed by atoms with Crippen LogP contribution in [0.3, 0.4) is 0 Å². The summed E-state index contributed by atoms with van der Waals surface area (Å²) >= 11 is 0. The highest BCUT2D eigenvalue weighted by atomic mass is 14.9. The number of nitrogens with one attached hydrogen (secondary N) is 1. The molecule has 2 heteroatoms. The Morgan fingerprint density at radius 1 is 1.15 bits per heavy atom. The van der Waals surface area contributed by atoms with Gasteiger partial charge in [0.2, 0.25) is 0 Å². The second kappa shape index (κ2) is 4.62. The first kappa shape index (κ1) is 12.4. The number of nitriles is 1. The molecular weight excluding hydrogens is 160 g/mol. The summed E-state index contributed by atoms with van der Waals surface area (Å²) in [5, 5.41) is 11.7. The lowest BCUT2D eigenvalue weighted by Crippen LogP contribution is -2.39. The molecule has 1 N–H and O–H groups in total. The van der Waals surface area contributed by atoms with E-state index in [9.17, 15) is 0 Å². The highest BCUT2D eigenvalue weighted by Gasteiger charge is 2.31. The molecule has 0 saturated heterocycles. The Labute approximate surface area is 82.3 Å². The molecule has 13 heavy (non-hydrogen) atoms. The predicted octanol–water partition coefficient (Wildman–Crippen LogP) is 2.56. The van der Waals surface area contributed by atoms with Crippen LogP contribution >= 0.6 is 0 Å². The van der Waals surface area contributed by atoms with E-state index in [1.165, 1.54) is 0 Å². The van der Waals surface area contributed by atoms with Crippen LogP contribution in [-0.4, -0.2) is 13.1 Å². The highest BCUT2D eigenvalue weighted by Crippen LogP contribution is 2.36.